The first-order valence-corrected chi connectivity index (χ1v) is 10.6. The summed E-state index contributed by atoms with van der Waals surface area (Å²) >= 11 is 0. The molecule has 0 bridgehead atoms. The van der Waals surface area contributed by atoms with Crippen molar-refractivity contribution in [3.05, 3.63) is 54.6 Å². The van der Waals surface area contributed by atoms with Gasteiger partial charge in [0.25, 0.3) is 0 Å². The molecule has 2 aromatic rings. The normalized spacial score (nSPS) is 15.5. The standard InChI is InChI=1S/C20H24N2O4S/c1-2-26-20(23)22-14-12-17(13-15-22)21-27(24,25)19-11-7-6-10-18(19)16-8-4-3-5-9-16/h3-11,17,21H,2,12-15H2,1H3. The zero-order valence-corrected chi connectivity index (χ0v) is 16.1. The van der Waals surface area contributed by atoms with Gasteiger partial charge in [0.1, 0.15) is 0 Å². The van der Waals surface area contributed by atoms with Gasteiger partial charge < -0.3 is 9.64 Å². The predicted molar refractivity (Wildman–Crippen MR) is 104 cm³/mol. The SMILES string of the molecule is CCOC(=O)N1CCC(NS(=O)(=O)c2ccccc2-c2ccccc2)CC1. The highest BCUT2D eigenvalue weighted by molar-refractivity contribution is 7.89. The van der Waals surface area contributed by atoms with E-state index in [-0.39, 0.29) is 17.0 Å². The second-order valence-electron chi connectivity index (χ2n) is 6.44. The van der Waals surface area contributed by atoms with Crippen molar-refractivity contribution in [2.45, 2.75) is 30.7 Å². The number of likely N-dealkylation sites (tertiary alicyclic amines) is 1. The highest BCUT2D eigenvalue weighted by atomic mass is 32.2. The predicted octanol–water partition coefficient (Wildman–Crippen LogP) is 3.25. The smallest absolute Gasteiger partial charge is 0.409 e. The van der Waals surface area contributed by atoms with Gasteiger partial charge in [-0.05, 0) is 31.4 Å². The molecule has 27 heavy (non-hydrogen) atoms. The molecule has 1 heterocycles. The van der Waals surface area contributed by atoms with Gasteiger partial charge in [-0.3, -0.25) is 0 Å². The lowest BCUT2D eigenvalue weighted by molar-refractivity contribution is 0.0966. The number of rotatable bonds is 5. The summed E-state index contributed by atoms with van der Waals surface area (Å²) in [5, 5.41) is 0. The van der Waals surface area contributed by atoms with E-state index in [1.807, 2.05) is 42.5 Å². The molecule has 0 radical (unpaired) electrons. The van der Waals surface area contributed by atoms with Crippen molar-refractivity contribution in [2.75, 3.05) is 19.7 Å². The van der Waals surface area contributed by atoms with Gasteiger partial charge in [0.15, 0.2) is 0 Å². The molecule has 2 aromatic carbocycles. The highest BCUT2D eigenvalue weighted by Gasteiger charge is 2.28. The number of sulfonamides is 1. The van der Waals surface area contributed by atoms with E-state index in [0.29, 0.717) is 38.1 Å². The lowest BCUT2D eigenvalue weighted by atomic mass is 10.1. The van der Waals surface area contributed by atoms with Gasteiger partial charge in [-0.15, -0.1) is 0 Å². The number of amides is 1. The first-order chi connectivity index (χ1) is 13.0. The molecule has 0 unspecified atom stereocenters. The van der Waals surface area contributed by atoms with Crippen LogP contribution >= 0.6 is 0 Å². The van der Waals surface area contributed by atoms with E-state index < -0.39 is 10.0 Å². The summed E-state index contributed by atoms with van der Waals surface area (Å²) in [6, 6.07) is 16.3. The molecule has 0 aromatic heterocycles. The van der Waals surface area contributed by atoms with Crippen molar-refractivity contribution in [2.24, 2.45) is 0 Å². The third-order valence-electron chi connectivity index (χ3n) is 4.60. The fourth-order valence-electron chi connectivity index (χ4n) is 3.23. The van der Waals surface area contributed by atoms with Gasteiger partial charge in [0.05, 0.1) is 11.5 Å². The largest absolute Gasteiger partial charge is 0.450 e. The molecule has 1 N–H and O–H groups in total. The van der Waals surface area contributed by atoms with E-state index in [1.54, 1.807) is 24.0 Å². The van der Waals surface area contributed by atoms with E-state index >= 15 is 0 Å². The number of nitrogens with zero attached hydrogens (tertiary/aromatic N) is 1. The van der Waals surface area contributed by atoms with Crippen LogP contribution in [-0.4, -0.2) is 45.1 Å². The molecule has 0 saturated carbocycles. The topological polar surface area (TPSA) is 75.7 Å². The molecule has 1 amide bonds. The van der Waals surface area contributed by atoms with Crippen molar-refractivity contribution in [1.82, 2.24) is 9.62 Å². The monoisotopic (exact) mass is 388 g/mol. The number of hydrogen-bond donors (Lipinski definition) is 1. The lowest BCUT2D eigenvalue weighted by Crippen LogP contribution is -2.46. The minimum atomic E-state index is -3.67. The van der Waals surface area contributed by atoms with Gasteiger partial charge >= 0.3 is 6.09 Å². The first-order valence-electron chi connectivity index (χ1n) is 9.09. The number of hydrogen-bond acceptors (Lipinski definition) is 4. The Kier molecular flexibility index (Phi) is 6.13. The number of piperidine rings is 1. The molecule has 0 spiro atoms. The zero-order chi connectivity index (χ0) is 19.3. The van der Waals surface area contributed by atoms with Crippen LogP contribution in [0, 0.1) is 0 Å². The van der Waals surface area contributed by atoms with Gasteiger partial charge in [0, 0.05) is 24.7 Å². The number of benzene rings is 2. The highest BCUT2D eigenvalue weighted by Crippen LogP contribution is 2.27. The molecule has 1 saturated heterocycles. The van der Waals surface area contributed by atoms with Crippen LogP contribution in [-0.2, 0) is 14.8 Å². The molecular weight excluding hydrogens is 364 g/mol. The summed E-state index contributed by atoms with van der Waals surface area (Å²) in [4.78, 5) is 13.7. The Hall–Kier alpha value is -2.38. The zero-order valence-electron chi connectivity index (χ0n) is 15.3. The van der Waals surface area contributed by atoms with Crippen LogP contribution < -0.4 is 4.72 Å². The quantitative estimate of drug-likeness (QED) is 0.853. The Labute approximate surface area is 160 Å². The van der Waals surface area contributed by atoms with E-state index in [2.05, 4.69) is 4.72 Å². The second-order valence-corrected chi connectivity index (χ2v) is 8.13. The van der Waals surface area contributed by atoms with E-state index in [4.69, 9.17) is 4.74 Å². The first kappa shape index (κ1) is 19.4. The van der Waals surface area contributed by atoms with Gasteiger partial charge in [-0.2, -0.15) is 0 Å². The van der Waals surface area contributed by atoms with Crippen molar-refractivity contribution in [3.8, 4) is 11.1 Å². The Balaban J connectivity index is 1.73. The number of ether oxygens (including phenoxy) is 1. The summed E-state index contributed by atoms with van der Waals surface area (Å²) in [6.45, 7) is 3.06. The Morgan fingerprint density at radius 1 is 1.07 bits per heavy atom. The number of carbonyl (C=O) groups is 1. The maximum atomic E-state index is 13.0. The molecule has 1 fully saturated rings. The van der Waals surface area contributed by atoms with E-state index in [0.717, 1.165) is 5.56 Å². The second kappa shape index (κ2) is 8.54. The molecule has 3 rings (SSSR count). The average molecular weight is 388 g/mol. The molecular formula is C20H24N2O4S. The fourth-order valence-corrected chi connectivity index (χ4v) is 4.77. The van der Waals surface area contributed by atoms with Crippen molar-refractivity contribution in [1.29, 1.82) is 0 Å². The molecule has 1 aliphatic rings. The van der Waals surface area contributed by atoms with Gasteiger partial charge in [-0.1, -0.05) is 48.5 Å². The molecule has 7 heteroatoms. The molecule has 0 atom stereocenters. The molecule has 0 aliphatic carbocycles. The maximum absolute atomic E-state index is 13.0. The van der Waals surface area contributed by atoms with Crippen molar-refractivity contribution < 1.29 is 17.9 Å². The maximum Gasteiger partial charge on any atom is 0.409 e. The summed E-state index contributed by atoms with van der Waals surface area (Å²) < 4.78 is 33.8. The number of carbonyl (C=O) groups excluding carboxylic acids is 1. The third kappa shape index (κ3) is 4.67. The molecule has 6 nitrogen and oxygen atoms in total. The summed E-state index contributed by atoms with van der Waals surface area (Å²) in [7, 11) is -3.67. The van der Waals surface area contributed by atoms with Crippen LogP contribution in [0.4, 0.5) is 4.79 Å². The Morgan fingerprint density at radius 3 is 2.37 bits per heavy atom. The van der Waals surface area contributed by atoms with Crippen LogP contribution in [0.5, 0.6) is 0 Å². The van der Waals surface area contributed by atoms with Crippen molar-refractivity contribution >= 4 is 16.1 Å². The minimum absolute atomic E-state index is 0.204. The van der Waals surface area contributed by atoms with E-state index in [9.17, 15) is 13.2 Å². The Bertz CT molecular complexity index is 876. The average Bonchev–Trinajstić information content (AvgIpc) is 2.69. The van der Waals surface area contributed by atoms with Crippen LogP contribution in [0.1, 0.15) is 19.8 Å². The Morgan fingerprint density at radius 2 is 1.70 bits per heavy atom. The third-order valence-corrected chi connectivity index (χ3v) is 6.18. The molecule has 1 aliphatic heterocycles. The van der Waals surface area contributed by atoms with Crippen LogP contribution in [0.25, 0.3) is 11.1 Å². The van der Waals surface area contributed by atoms with Crippen LogP contribution in [0.3, 0.4) is 0 Å². The summed E-state index contributed by atoms with van der Waals surface area (Å²) in [5.74, 6) is 0. The minimum Gasteiger partial charge on any atom is -0.450 e. The number of nitrogens with one attached hydrogen (secondary N) is 1. The fraction of sp³-hybridized carbons (Fsp3) is 0.350. The van der Waals surface area contributed by atoms with Gasteiger partial charge in [0.2, 0.25) is 10.0 Å². The lowest BCUT2D eigenvalue weighted by Gasteiger charge is -2.31. The van der Waals surface area contributed by atoms with E-state index in [1.165, 1.54) is 0 Å². The van der Waals surface area contributed by atoms with Crippen LogP contribution in [0.2, 0.25) is 0 Å². The molecule has 144 valence electrons. The van der Waals surface area contributed by atoms with Crippen LogP contribution in [0.15, 0.2) is 59.5 Å². The van der Waals surface area contributed by atoms with Crippen molar-refractivity contribution in [3.63, 3.8) is 0 Å². The van der Waals surface area contributed by atoms with Gasteiger partial charge in [-0.25, -0.2) is 17.9 Å². The summed E-state index contributed by atoms with van der Waals surface area (Å²) in [6.07, 6.45) is 0.783. The summed E-state index contributed by atoms with van der Waals surface area (Å²) in [5.41, 5.74) is 1.53.